The van der Waals surface area contributed by atoms with Gasteiger partial charge in [-0.1, -0.05) is 6.07 Å². The molecule has 1 unspecified atom stereocenters. The Morgan fingerprint density at radius 1 is 1.21 bits per heavy atom. The highest BCUT2D eigenvalue weighted by atomic mass is 16.7. The topological polar surface area (TPSA) is 42.5 Å². The molecule has 0 amide bonds. The quantitative estimate of drug-likeness (QED) is 0.695. The molecule has 2 N–H and O–H groups in total. The van der Waals surface area contributed by atoms with Crippen LogP contribution in [0.1, 0.15) is 18.0 Å². The van der Waals surface area contributed by atoms with E-state index in [4.69, 9.17) is 9.47 Å². The molecule has 1 fully saturated rings. The number of benzene rings is 1. The second-order valence-corrected chi connectivity index (χ2v) is 3.53. The largest absolute Gasteiger partial charge is 0.454 e. The second kappa shape index (κ2) is 3.15. The fourth-order valence-corrected chi connectivity index (χ4v) is 1.86. The number of fused-ring (bicyclic) bond motifs is 1. The van der Waals surface area contributed by atoms with Crippen LogP contribution in [0.5, 0.6) is 11.5 Å². The monoisotopic (exact) mass is 192 g/mol. The maximum Gasteiger partial charge on any atom is 0.231 e. The van der Waals surface area contributed by atoms with E-state index in [-0.39, 0.29) is 0 Å². The second-order valence-electron chi connectivity index (χ2n) is 3.53. The van der Waals surface area contributed by atoms with Crippen molar-refractivity contribution in [1.82, 2.24) is 10.9 Å². The Bertz CT molecular complexity index is 348. The lowest BCUT2D eigenvalue weighted by Crippen LogP contribution is -2.24. The molecule has 4 heteroatoms. The van der Waals surface area contributed by atoms with Gasteiger partial charge < -0.3 is 9.47 Å². The lowest BCUT2D eigenvalue weighted by atomic mass is 10.1. The molecule has 4 nitrogen and oxygen atoms in total. The average Bonchev–Trinajstić information content (AvgIpc) is 2.88. The van der Waals surface area contributed by atoms with Gasteiger partial charge in [0.2, 0.25) is 6.79 Å². The summed E-state index contributed by atoms with van der Waals surface area (Å²) in [5.41, 5.74) is 7.58. The summed E-state index contributed by atoms with van der Waals surface area (Å²) in [7, 11) is 0. The number of ether oxygens (including phenoxy) is 2. The van der Waals surface area contributed by atoms with Crippen LogP contribution in [0.3, 0.4) is 0 Å². The van der Waals surface area contributed by atoms with Crippen LogP contribution in [0.25, 0.3) is 0 Å². The van der Waals surface area contributed by atoms with Crippen molar-refractivity contribution < 1.29 is 9.47 Å². The Balaban J connectivity index is 1.91. The van der Waals surface area contributed by atoms with Gasteiger partial charge in [0.15, 0.2) is 11.5 Å². The van der Waals surface area contributed by atoms with Crippen molar-refractivity contribution in [2.75, 3.05) is 13.3 Å². The van der Waals surface area contributed by atoms with Gasteiger partial charge in [-0.3, -0.25) is 10.9 Å². The Morgan fingerprint density at radius 3 is 3.00 bits per heavy atom. The van der Waals surface area contributed by atoms with Gasteiger partial charge >= 0.3 is 0 Å². The minimum Gasteiger partial charge on any atom is -0.454 e. The van der Waals surface area contributed by atoms with Crippen LogP contribution < -0.4 is 20.3 Å². The van der Waals surface area contributed by atoms with E-state index in [1.165, 1.54) is 5.56 Å². The third-order valence-electron chi connectivity index (χ3n) is 2.63. The zero-order chi connectivity index (χ0) is 9.38. The minimum absolute atomic E-state index is 0.342. The van der Waals surface area contributed by atoms with Crippen LogP contribution in [0.2, 0.25) is 0 Å². The summed E-state index contributed by atoms with van der Waals surface area (Å²) in [6.07, 6.45) is 1.11. The van der Waals surface area contributed by atoms with Crippen molar-refractivity contribution in [3.05, 3.63) is 23.8 Å². The minimum atomic E-state index is 0.342. The zero-order valence-electron chi connectivity index (χ0n) is 7.75. The van der Waals surface area contributed by atoms with E-state index in [9.17, 15) is 0 Å². The molecular formula is C10H12N2O2. The van der Waals surface area contributed by atoms with Crippen LogP contribution in [0, 0.1) is 0 Å². The van der Waals surface area contributed by atoms with E-state index < -0.39 is 0 Å². The van der Waals surface area contributed by atoms with Crippen molar-refractivity contribution in [1.29, 1.82) is 0 Å². The smallest absolute Gasteiger partial charge is 0.231 e. The number of nitrogens with one attached hydrogen (secondary N) is 2. The van der Waals surface area contributed by atoms with Gasteiger partial charge in [0.1, 0.15) is 0 Å². The Hall–Kier alpha value is -1.26. The summed E-state index contributed by atoms with van der Waals surface area (Å²) in [6, 6.07) is 6.49. The van der Waals surface area contributed by atoms with Gasteiger partial charge in [-0.05, 0) is 24.1 Å². The molecule has 0 saturated carbocycles. The number of hydrogen-bond donors (Lipinski definition) is 2. The zero-order valence-corrected chi connectivity index (χ0v) is 7.75. The Kier molecular flexibility index (Phi) is 1.82. The van der Waals surface area contributed by atoms with Crippen LogP contribution in [0.4, 0.5) is 0 Å². The molecule has 1 aromatic rings. The van der Waals surface area contributed by atoms with Crippen molar-refractivity contribution in [2.24, 2.45) is 0 Å². The van der Waals surface area contributed by atoms with Gasteiger partial charge in [0, 0.05) is 12.6 Å². The molecule has 14 heavy (non-hydrogen) atoms. The molecule has 1 saturated heterocycles. The molecule has 1 atom stereocenters. The summed E-state index contributed by atoms with van der Waals surface area (Å²) < 4.78 is 10.6. The fourth-order valence-electron chi connectivity index (χ4n) is 1.86. The molecule has 0 aliphatic carbocycles. The van der Waals surface area contributed by atoms with Gasteiger partial charge in [-0.15, -0.1) is 0 Å². The fraction of sp³-hybridized carbons (Fsp3) is 0.400. The van der Waals surface area contributed by atoms with Crippen molar-refractivity contribution in [3.63, 3.8) is 0 Å². The van der Waals surface area contributed by atoms with E-state index >= 15 is 0 Å². The van der Waals surface area contributed by atoms with Crippen LogP contribution in [0.15, 0.2) is 18.2 Å². The molecule has 1 aromatic carbocycles. The first-order valence-corrected chi connectivity index (χ1v) is 4.81. The molecule has 0 bridgehead atoms. The summed E-state index contributed by atoms with van der Waals surface area (Å²) in [6.45, 7) is 1.36. The maximum absolute atomic E-state index is 5.33. The Labute approximate surface area is 82.2 Å². The van der Waals surface area contributed by atoms with E-state index in [0.717, 1.165) is 24.5 Å². The normalized spacial score (nSPS) is 24.1. The third-order valence-corrected chi connectivity index (χ3v) is 2.63. The molecule has 0 spiro atoms. The lowest BCUT2D eigenvalue weighted by molar-refractivity contribution is 0.174. The van der Waals surface area contributed by atoms with E-state index in [1.54, 1.807) is 0 Å². The number of hydrazine groups is 1. The third kappa shape index (κ3) is 1.23. The first-order valence-electron chi connectivity index (χ1n) is 4.81. The lowest BCUT2D eigenvalue weighted by Gasteiger charge is -2.09. The summed E-state index contributed by atoms with van der Waals surface area (Å²) in [4.78, 5) is 0. The molecule has 2 heterocycles. The van der Waals surface area contributed by atoms with Crippen molar-refractivity contribution in [3.8, 4) is 11.5 Å². The summed E-state index contributed by atoms with van der Waals surface area (Å²) in [5, 5.41) is 0. The molecular weight excluding hydrogens is 180 g/mol. The standard InChI is InChI=1S/C10H12N2O2/c1-2-9-10(14-6-13-9)5-7(1)8-3-4-11-12-8/h1-2,5,8,11-12H,3-4,6H2. The summed E-state index contributed by atoms with van der Waals surface area (Å²) >= 11 is 0. The molecule has 2 aliphatic rings. The van der Waals surface area contributed by atoms with Crippen molar-refractivity contribution in [2.45, 2.75) is 12.5 Å². The molecule has 74 valence electrons. The maximum atomic E-state index is 5.33. The highest BCUT2D eigenvalue weighted by Crippen LogP contribution is 2.34. The Morgan fingerprint density at radius 2 is 2.14 bits per heavy atom. The van der Waals surface area contributed by atoms with Gasteiger partial charge in [-0.2, -0.15) is 0 Å². The van der Waals surface area contributed by atoms with Gasteiger partial charge in [-0.25, -0.2) is 0 Å². The first kappa shape index (κ1) is 8.08. The van der Waals surface area contributed by atoms with Gasteiger partial charge in [0.05, 0.1) is 0 Å². The number of rotatable bonds is 1. The van der Waals surface area contributed by atoms with E-state index in [2.05, 4.69) is 16.9 Å². The van der Waals surface area contributed by atoms with E-state index in [1.807, 2.05) is 12.1 Å². The van der Waals surface area contributed by atoms with E-state index in [0.29, 0.717) is 12.8 Å². The van der Waals surface area contributed by atoms with Crippen LogP contribution >= 0.6 is 0 Å². The number of hydrogen-bond acceptors (Lipinski definition) is 4. The predicted octanol–water partition coefficient (Wildman–Crippen LogP) is 0.954. The van der Waals surface area contributed by atoms with Crippen molar-refractivity contribution >= 4 is 0 Å². The first-order chi connectivity index (χ1) is 6.93. The molecule has 3 rings (SSSR count). The highest BCUT2D eigenvalue weighted by Gasteiger charge is 2.19. The summed E-state index contributed by atoms with van der Waals surface area (Å²) in [5.74, 6) is 1.70. The molecule has 0 radical (unpaired) electrons. The van der Waals surface area contributed by atoms with Gasteiger partial charge in [0.25, 0.3) is 0 Å². The molecule has 0 aromatic heterocycles. The molecule has 2 aliphatic heterocycles. The average molecular weight is 192 g/mol. The van der Waals surface area contributed by atoms with Crippen LogP contribution in [-0.4, -0.2) is 13.3 Å². The SMILES string of the molecule is c1cc2c(cc1C1CCNN1)OCO2. The van der Waals surface area contributed by atoms with Crippen LogP contribution in [-0.2, 0) is 0 Å². The highest BCUT2D eigenvalue weighted by molar-refractivity contribution is 5.45. The predicted molar refractivity (Wildman–Crippen MR) is 51.1 cm³/mol.